The summed E-state index contributed by atoms with van der Waals surface area (Å²) >= 11 is 0. The molecule has 290 valence electrons. The minimum Gasteiger partial charge on any atom is -0.373 e. The van der Waals surface area contributed by atoms with Crippen LogP contribution in [0.5, 0.6) is 0 Å². The second-order valence-corrected chi connectivity index (χ2v) is 14.6. The molecule has 6 nitrogen and oxygen atoms in total. The molecule has 0 saturated heterocycles. The summed E-state index contributed by atoms with van der Waals surface area (Å²) in [6.07, 6.45) is 43.9. The van der Waals surface area contributed by atoms with E-state index in [1.54, 1.807) is 0 Å². The van der Waals surface area contributed by atoms with Crippen molar-refractivity contribution in [2.45, 2.75) is 206 Å². The van der Waals surface area contributed by atoms with Gasteiger partial charge in [0.05, 0.1) is 13.3 Å². The van der Waals surface area contributed by atoms with Gasteiger partial charge in [-0.25, -0.2) is 0 Å². The number of allylic oxidation sites excluding steroid dienone is 4. The molecule has 2 unspecified atom stereocenters. The average molecular weight is 693 g/mol. The molecule has 2 N–H and O–H groups in total. The molecule has 0 fully saturated rings. The van der Waals surface area contributed by atoms with E-state index >= 15 is 0 Å². The van der Waals surface area contributed by atoms with Gasteiger partial charge in [-0.2, -0.15) is 0 Å². The van der Waals surface area contributed by atoms with Gasteiger partial charge in [0.15, 0.2) is 6.10 Å². The number of carbonyl (C=O) groups excluding carboxylic acids is 1. The van der Waals surface area contributed by atoms with Crippen LogP contribution in [0, 0.1) is 0 Å². The van der Waals surface area contributed by atoms with E-state index in [0.717, 1.165) is 25.7 Å². The number of primary amides is 1. The van der Waals surface area contributed by atoms with Gasteiger partial charge in [-0.3, -0.25) is 9.69 Å². The fraction of sp³-hybridized carbons (Fsp3) is 0.884. The molecule has 2 atom stereocenters. The lowest BCUT2D eigenvalue weighted by atomic mass is 10.1. The molecule has 0 aliphatic heterocycles. The maximum Gasteiger partial charge on any atom is 0.249 e. The summed E-state index contributed by atoms with van der Waals surface area (Å²) in [5, 5.41) is 0. The average Bonchev–Trinajstić information content (AvgIpc) is 3.08. The highest BCUT2D eigenvalue weighted by molar-refractivity contribution is 5.79. The number of nitrogens with two attached hydrogens (primary N) is 1. The lowest BCUT2D eigenvalue weighted by molar-refractivity contribution is -0.149. The van der Waals surface area contributed by atoms with Crippen LogP contribution >= 0.6 is 0 Å². The van der Waals surface area contributed by atoms with E-state index in [1.165, 1.54) is 154 Å². The summed E-state index contributed by atoms with van der Waals surface area (Å²) in [7, 11) is 3.91. The number of unbranched alkanes of at least 4 members (excludes halogenated alkanes) is 24. The maximum absolute atomic E-state index is 12.4. The van der Waals surface area contributed by atoms with Crippen molar-refractivity contribution in [3.05, 3.63) is 24.3 Å². The summed E-state index contributed by atoms with van der Waals surface area (Å²) in [5.41, 5.74) is 5.79. The van der Waals surface area contributed by atoms with E-state index in [2.05, 4.69) is 38.2 Å². The van der Waals surface area contributed by atoms with Gasteiger partial charge in [0, 0.05) is 13.2 Å². The summed E-state index contributed by atoms with van der Waals surface area (Å²) in [6, 6.07) is 0. The zero-order valence-corrected chi connectivity index (χ0v) is 33.2. The molecule has 0 aromatic heterocycles. The van der Waals surface area contributed by atoms with E-state index in [-0.39, 0.29) is 0 Å². The lowest BCUT2D eigenvalue weighted by Crippen LogP contribution is -2.45. The van der Waals surface area contributed by atoms with Crippen LogP contribution in [-0.2, 0) is 19.0 Å². The quantitative estimate of drug-likeness (QED) is 0.0393. The Balaban J connectivity index is 4.05. The first-order chi connectivity index (χ1) is 24.0. The van der Waals surface area contributed by atoms with Crippen molar-refractivity contribution in [1.29, 1.82) is 0 Å². The Hall–Kier alpha value is -1.21. The Morgan fingerprint density at radius 3 is 1.24 bits per heavy atom. The molecular weight excluding hydrogens is 608 g/mol. The van der Waals surface area contributed by atoms with Gasteiger partial charge in [-0.15, -0.1) is 0 Å². The molecule has 0 aliphatic carbocycles. The second-order valence-electron chi connectivity index (χ2n) is 14.6. The molecule has 0 saturated carbocycles. The summed E-state index contributed by atoms with van der Waals surface area (Å²) < 4.78 is 18.0. The third-order valence-electron chi connectivity index (χ3n) is 9.19. The van der Waals surface area contributed by atoms with Gasteiger partial charge < -0.3 is 19.9 Å². The van der Waals surface area contributed by atoms with Gasteiger partial charge in [0.2, 0.25) is 5.91 Å². The Kier molecular flexibility index (Phi) is 38.6. The molecule has 0 rings (SSSR count). The monoisotopic (exact) mass is 693 g/mol. The Labute approximate surface area is 305 Å². The second kappa shape index (κ2) is 39.6. The van der Waals surface area contributed by atoms with Crippen molar-refractivity contribution in [3.8, 4) is 0 Å². The van der Waals surface area contributed by atoms with E-state index < -0.39 is 18.1 Å². The third kappa shape index (κ3) is 36.4. The van der Waals surface area contributed by atoms with Gasteiger partial charge in [-0.1, -0.05) is 154 Å². The Morgan fingerprint density at radius 1 is 0.531 bits per heavy atom. The molecule has 0 radical (unpaired) electrons. The van der Waals surface area contributed by atoms with Gasteiger partial charge in [-0.05, 0) is 78.3 Å². The van der Waals surface area contributed by atoms with Crippen molar-refractivity contribution in [1.82, 2.24) is 4.90 Å². The SMILES string of the molecule is CCCCCCCC/C=C\CCCCCCCCOC(COCN(C)C)C(OCCCCCCCC/C=C\CCCCCCCC)C(N)=O. The van der Waals surface area contributed by atoms with Gasteiger partial charge in [0.1, 0.15) is 6.10 Å². The van der Waals surface area contributed by atoms with Gasteiger partial charge in [0.25, 0.3) is 0 Å². The van der Waals surface area contributed by atoms with E-state index in [1.807, 2.05) is 19.0 Å². The van der Waals surface area contributed by atoms with Crippen molar-refractivity contribution in [2.75, 3.05) is 40.6 Å². The van der Waals surface area contributed by atoms with Crippen molar-refractivity contribution < 1.29 is 19.0 Å². The van der Waals surface area contributed by atoms with Crippen molar-refractivity contribution in [3.63, 3.8) is 0 Å². The van der Waals surface area contributed by atoms with E-state index in [9.17, 15) is 4.79 Å². The van der Waals surface area contributed by atoms with Crippen LogP contribution in [0.25, 0.3) is 0 Å². The minimum atomic E-state index is -0.778. The molecule has 0 aliphatic rings. The highest BCUT2D eigenvalue weighted by atomic mass is 16.6. The first-order valence-corrected chi connectivity index (χ1v) is 21.1. The number of ether oxygens (including phenoxy) is 3. The number of hydrogen-bond donors (Lipinski definition) is 1. The van der Waals surface area contributed by atoms with Crippen LogP contribution in [0.1, 0.15) is 194 Å². The molecule has 0 aromatic rings. The fourth-order valence-electron chi connectivity index (χ4n) is 6.09. The lowest BCUT2D eigenvalue weighted by Gasteiger charge is -2.26. The normalized spacial score (nSPS) is 13.3. The largest absolute Gasteiger partial charge is 0.373 e. The maximum atomic E-state index is 12.4. The standard InChI is InChI=1S/C43H84N2O4/c1-5-7-9-11-13-15-17-19-21-23-25-27-29-31-33-35-37-48-41(39-47-40-45(3)4)42(43(44)46)49-38-36-34-32-30-28-26-24-22-20-18-16-14-12-10-8-6-2/h19-22,41-42H,5-18,23-40H2,1-4H3,(H2,44,46)/b21-19-,22-20-. The highest BCUT2D eigenvalue weighted by Crippen LogP contribution is 2.14. The van der Waals surface area contributed by atoms with Crippen LogP contribution < -0.4 is 5.73 Å². The molecule has 49 heavy (non-hydrogen) atoms. The first kappa shape index (κ1) is 47.8. The summed E-state index contributed by atoms with van der Waals surface area (Å²) in [6.45, 7) is 6.43. The summed E-state index contributed by atoms with van der Waals surface area (Å²) in [4.78, 5) is 14.3. The Morgan fingerprint density at radius 2 is 0.878 bits per heavy atom. The third-order valence-corrected chi connectivity index (χ3v) is 9.19. The number of carbonyl (C=O) groups is 1. The predicted molar refractivity (Wildman–Crippen MR) is 212 cm³/mol. The zero-order chi connectivity index (χ0) is 35.9. The first-order valence-electron chi connectivity index (χ1n) is 21.1. The number of amides is 1. The number of rotatable bonds is 40. The molecule has 0 heterocycles. The molecular formula is C43H84N2O4. The van der Waals surface area contributed by atoms with Crippen LogP contribution in [-0.4, -0.2) is 63.7 Å². The Bertz CT molecular complexity index is 727. The van der Waals surface area contributed by atoms with Crippen LogP contribution in [0.15, 0.2) is 24.3 Å². The minimum absolute atomic E-state index is 0.297. The fourth-order valence-corrected chi connectivity index (χ4v) is 6.09. The molecule has 0 aromatic carbocycles. The van der Waals surface area contributed by atoms with Crippen molar-refractivity contribution in [2.24, 2.45) is 5.73 Å². The summed E-state index contributed by atoms with van der Waals surface area (Å²) in [5.74, 6) is -0.468. The van der Waals surface area contributed by atoms with Gasteiger partial charge >= 0.3 is 0 Å². The van der Waals surface area contributed by atoms with E-state index in [4.69, 9.17) is 19.9 Å². The van der Waals surface area contributed by atoms with Crippen LogP contribution in [0.2, 0.25) is 0 Å². The van der Waals surface area contributed by atoms with Crippen LogP contribution in [0.3, 0.4) is 0 Å². The van der Waals surface area contributed by atoms with Crippen LogP contribution in [0.4, 0.5) is 0 Å². The highest BCUT2D eigenvalue weighted by Gasteiger charge is 2.28. The van der Waals surface area contributed by atoms with Crippen molar-refractivity contribution >= 4 is 5.91 Å². The topological polar surface area (TPSA) is 74.0 Å². The van der Waals surface area contributed by atoms with E-state index in [0.29, 0.717) is 26.6 Å². The smallest absolute Gasteiger partial charge is 0.249 e. The number of hydrogen-bond acceptors (Lipinski definition) is 5. The molecule has 1 amide bonds. The molecule has 0 bridgehead atoms. The molecule has 6 heteroatoms. The zero-order valence-electron chi connectivity index (χ0n) is 33.2. The number of nitrogens with zero attached hydrogens (tertiary/aromatic N) is 1. The molecule has 0 spiro atoms. The predicted octanol–water partition coefficient (Wildman–Crippen LogP) is 11.9.